The maximum absolute atomic E-state index is 13.5. The molecule has 1 saturated heterocycles. The number of piperazine rings is 1. The Kier molecular flexibility index (Phi) is 5.79. The minimum absolute atomic E-state index is 0.132. The third kappa shape index (κ3) is 3.68. The van der Waals surface area contributed by atoms with E-state index in [2.05, 4.69) is 11.9 Å². The first-order chi connectivity index (χ1) is 14.5. The molecular weight excluding hydrogens is 402 g/mol. The lowest BCUT2D eigenvalue weighted by Gasteiger charge is -2.34. The predicted octanol–water partition coefficient (Wildman–Crippen LogP) is 2.88. The van der Waals surface area contributed by atoms with E-state index >= 15 is 0 Å². The summed E-state index contributed by atoms with van der Waals surface area (Å²) in [6, 6.07) is 14.6. The van der Waals surface area contributed by atoms with Gasteiger partial charge in [-0.15, -0.1) is 0 Å². The lowest BCUT2D eigenvalue weighted by molar-refractivity contribution is -0.138. The molecule has 2 aliphatic rings. The molecule has 2 aliphatic heterocycles. The van der Waals surface area contributed by atoms with Gasteiger partial charge in [-0.2, -0.15) is 0 Å². The van der Waals surface area contributed by atoms with Crippen LogP contribution in [0.15, 0.2) is 54.2 Å². The second kappa shape index (κ2) is 8.50. The van der Waals surface area contributed by atoms with Gasteiger partial charge >= 0.3 is 0 Å². The lowest BCUT2D eigenvalue weighted by atomic mass is 10.0. The monoisotopic (exact) mass is 425 g/mol. The first-order valence-electron chi connectivity index (χ1n) is 9.92. The van der Waals surface area contributed by atoms with Crippen LogP contribution >= 0.6 is 11.6 Å². The third-order valence-electron chi connectivity index (χ3n) is 5.63. The van der Waals surface area contributed by atoms with E-state index in [0.717, 1.165) is 18.7 Å². The van der Waals surface area contributed by atoms with E-state index in [0.29, 0.717) is 40.7 Å². The van der Waals surface area contributed by atoms with Crippen molar-refractivity contribution in [2.45, 2.75) is 6.54 Å². The Bertz CT molecular complexity index is 1010. The van der Waals surface area contributed by atoms with Gasteiger partial charge in [-0.3, -0.25) is 14.5 Å². The van der Waals surface area contributed by atoms with Gasteiger partial charge in [0.25, 0.3) is 11.8 Å². The molecule has 156 valence electrons. The number of methoxy groups -OCH3 is 1. The summed E-state index contributed by atoms with van der Waals surface area (Å²) in [5, 5.41) is 0.532. The fourth-order valence-corrected chi connectivity index (χ4v) is 4.12. The number of ether oxygens (including phenoxy) is 1. The van der Waals surface area contributed by atoms with Crippen LogP contribution in [0, 0.1) is 0 Å². The van der Waals surface area contributed by atoms with Crippen LogP contribution in [-0.2, 0) is 16.1 Å². The molecule has 0 spiro atoms. The summed E-state index contributed by atoms with van der Waals surface area (Å²) in [5.41, 5.74) is 2.22. The smallest absolute Gasteiger partial charge is 0.278 e. The summed E-state index contributed by atoms with van der Waals surface area (Å²) in [7, 11) is 3.62. The number of hydrogen-bond acceptors (Lipinski definition) is 5. The molecule has 0 atom stereocenters. The third-order valence-corrected chi connectivity index (χ3v) is 5.99. The quantitative estimate of drug-likeness (QED) is 0.689. The fraction of sp³-hybridized carbons (Fsp3) is 0.304. The molecule has 6 nitrogen and oxygen atoms in total. The molecule has 2 heterocycles. The molecule has 2 amide bonds. The molecule has 0 saturated carbocycles. The van der Waals surface area contributed by atoms with Crippen LogP contribution in [0.3, 0.4) is 0 Å². The maximum Gasteiger partial charge on any atom is 0.278 e. The van der Waals surface area contributed by atoms with Crippen LogP contribution in [0.2, 0.25) is 5.02 Å². The van der Waals surface area contributed by atoms with Crippen molar-refractivity contribution in [3.8, 4) is 5.75 Å². The summed E-state index contributed by atoms with van der Waals surface area (Å²) in [6.45, 7) is 3.16. The average molecular weight is 426 g/mol. The number of rotatable bonds is 5. The topological polar surface area (TPSA) is 53.1 Å². The highest BCUT2D eigenvalue weighted by Gasteiger charge is 2.43. The molecule has 0 unspecified atom stereocenters. The molecule has 7 heteroatoms. The zero-order chi connectivity index (χ0) is 21.3. The molecular formula is C23H24ClN3O3. The van der Waals surface area contributed by atoms with Gasteiger partial charge in [-0.1, -0.05) is 48.0 Å². The van der Waals surface area contributed by atoms with Gasteiger partial charge in [0.05, 0.1) is 19.2 Å². The van der Waals surface area contributed by atoms with Crippen molar-refractivity contribution < 1.29 is 14.3 Å². The Morgan fingerprint density at radius 3 is 2.30 bits per heavy atom. The highest BCUT2D eigenvalue weighted by Crippen LogP contribution is 2.37. The molecule has 4 rings (SSSR count). The Balaban J connectivity index is 1.77. The predicted molar refractivity (Wildman–Crippen MR) is 116 cm³/mol. The molecule has 1 fully saturated rings. The van der Waals surface area contributed by atoms with E-state index in [9.17, 15) is 9.59 Å². The van der Waals surface area contributed by atoms with Crippen molar-refractivity contribution in [3.63, 3.8) is 0 Å². The Hall–Kier alpha value is -2.83. The van der Waals surface area contributed by atoms with Crippen LogP contribution in [0.1, 0.15) is 11.1 Å². The standard InChI is InChI=1S/C23H24ClN3O3/c1-25-11-13-26(14-12-25)21-20(17-8-4-6-10-19(17)30-2)22(28)27(23(21)29)15-16-7-3-5-9-18(16)24/h3-10H,11-15H2,1-2H3. The number of benzene rings is 2. The largest absolute Gasteiger partial charge is 0.496 e. The second-order valence-electron chi connectivity index (χ2n) is 7.50. The van der Waals surface area contributed by atoms with Crippen molar-refractivity contribution in [3.05, 3.63) is 70.4 Å². The van der Waals surface area contributed by atoms with Gasteiger partial charge in [-0.05, 0) is 24.7 Å². The van der Waals surface area contributed by atoms with Gasteiger partial charge in [0, 0.05) is 36.8 Å². The molecule has 0 N–H and O–H groups in total. The summed E-state index contributed by atoms with van der Waals surface area (Å²) in [5.74, 6) is -0.0383. The van der Waals surface area contributed by atoms with Crippen LogP contribution in [-0.4, -0.2) is 66.9 Å². The van der Waals surface area contributed by atoms with Crippen LogP contribution < -0.4 is 4.74 Å². The molecule has 2 aromatic carbocycles. The summed E-state index contributed by atoms with van der Waals surface area (Å²) in [6.07, 6.45) is 0. The van der Waals surface area contributed by atoms with Crippen LogP contribution in [0.5, 0.6) is 5.75 Å². The molecule has 2 aromatic rings. The van der Waals surface area contributed by atoms with E-state index < -0.39 is 0 Å². The first kappa shape index (κ1) is 20.4. The van der Waals surface area contributed by atoms with Crippen molar-refractivity contribution in [1.29, 1.82) is 0 Å². The molecule has 0 bridgehead atoms. The van der Waals surface area contributed by atoms with E-state index in [1.807, 2.05) is 41.3 Å². The number of carbonyl (C=O) groups is 2. The number of carbonyl (C=O) groups excluding carboxylic acids is 2. The van der Waals surface area contributed by atoms with Gasteiger partial charge < -0.3 is 14.5 Å². The second-order valence-corrected chi connectivity index (χ2v) is 7.91. The lowest BCUT2D eigenvalue weighted by Crippen LogP contribution is -2.46. The Labute approximate surface area is 181 Å². The van der Waals surface area contributed by atoms with Crippen molar-refractivity contribution >= 4 is 29.0 Å². The minimum Gasteiger partial charge on any atom is -0.496 e. The summed E-state index contributed by atoms with van der Waals surface area (Å²) in [4.78, 5) is 32.6. The SMILES string of the molecule is COc1ccccc1C1=C(N2CCN(C)CC2)C(=O)N(Cc2ccccc2Cl)C1=O. The number of likely N-dealkylation sites (N-methyl/N-ethyl adjacent to an activating group) is 1. The average Bonchev–Trinajstić information content (AvgIpc) is 3.00. The number of nitrogens with zero attached hydrogens (tertiary/aromatic N) is 3. The number of halogens is 1. The fourth-order valence-electron chi connectivity index (χ4n) is 3.92. The van der Waals surface area contributed by atoms with Crippen molar-refractivity contribution in [1.82, 2.24) is 14.7 Å². The Morgan fingerprint density at radius 1 is 0.933 bits per heavy atom. The van der Waals surface area contributed by atoms with Crippen LogP contribution in [0.4, 0.5) is 0 Å². The van der Waals surface area contributed by atoms with Crippen molar-refractivity contribution in [2.24, 2.45) is 0 Å². The number of imide groups is 1. The molecule has 30 heavy (non-hydrogen) atoms. The molecule has 0 aromatic heterocycles. The summed E-state index contributed by atoms with van der Waals surface area (Å²) < 4.78 is 5.50. The maximum atomic E-state index is 13.5. The first-order valence-corrected chi connectivity index (χ1v) is 10.3. The van der Waals surface area contributed by atoms with Gasteiger partial charge in [0.15, 0.2) is 0 Å². The number of amides is 2. The zero-order valence-electron chi connectivity index (χ0n) is 17.1. The zero-order valence-corrected chi connectivity index (χ0v) is 17.9. The number of para-hydroxylation sites is 1. The minimum atomic E-state index is -0.321. The van der Waals surface area contributed by atoms with E-state index in [4.69, 9.17) is 16.3 Å². The van der Waals surface area contributed by atoms with Crippen LogP contribution in [0.25, 0.3) is 5.57 Å². The summed E-state index contributed by atoms with van der Waals surface area (Å²) >= 11 is 6.30. The normalized spacial score (nSPS) is 17.8. The van der Waals surface area contributed by atoms with Gasteiger partial charge in [0.2, 0.25) is 0 Å². The van der Waals surface area contributed by atoms with E-state index in [1.165, 1.54) is 4.90 Å². The molecule has 0 radical (unpaired) electrons. The van der Waals surface area contributed by atoms with Crippen molar-refractivity contribution in [2.75, 3.05) is 40.3 Å². The highest BCUT2D eigenvalue weighted by atomic mass is 35.5. The molecule has 0 aliphatic carbocycles. The number of hydrogen-bond donors (Lipinski definition) is 0. The highest BCUT2D eigenvalue weighted by molar-refractivity contribution is 6.36. The van der Waals surface area contributed by atoms with E-state index in [1.54, 1.807) is 19.2 Å². The Morgan fingerprint density at radius 2 is 1.60 bits per heavy atom. The van der Waals surface area contributed by atoms with E-state index in [-0.39, 0.29) is 18.4 Å². The van der Waals surface area contributed by atoms with Gasteiger partial charge in [0.1, 0.15) is 11.4 Å². The van der Waals surface area contributed by atoms with Gasteiger partial charge in [-0.25, -0.2) is 0 Å².